The van der Waals surface area contributed by atoms with Gasteiger partial charge in [0.1, 0.15) is 0 Å². The Labute approximate surface area is 149 Å². The molecule has 5 heteroatoms. The van der Waals surface area contributed by atoms with E-state index in [-0.39, 0.29) is 30.0 Å². The first-order chi connectivity index (χ1) is 12.1. The van der Waals surface area contributed by atoms with E-state index in [4.69, 9.17) is 4.74 Å². The van der Waals surface area contributed by atoms with Crippen LogP contribution >= 0.6 is 0 Å². The topological polar surface area (TPSA) is 49.9 Å². The summed E-state index contributed by atoms with van der Waals surface area (Å²) in [6, 6.07) is 10.7. The van der Waals surface area contributed by atoms with Crippen molar-refractivity contribution in [3.63, 3.8) is 0 Å². The molecule has 5 nitrogen and oxygen atoms in total. The Bertz CT molecular complexity index is 604. The molecule has 25 heavy (non-hydrogen) atoms. The highest BCUT2D eigenvalue weighted by Crippen LogP contribution is 2.36. The van der Waals surface area contributed by atoms with Gasteiger partial charge in [0.25, 0.3) is 0 Å². The van der Waals surface area contributed by atoms with Gasteiger partial charge in [0.2, 0.25) is 5.91 Å². The second kappa shape index (κ2) is 7.89. The monoisotopic (exact) mass is 344 g/mol. The minimum absolute atomic E-state index is 0.125. The van der Waals surface area contributed by atoms with Gasteiger partial charge in [0.15, 0.2) is 0 Å². The van der Waals surface area contributed by atoms with Gasteiger partial charge in [-0.2, -0.15) is 0 Å². The molecule has 0 N–H and O–H groups in total. The number of nitrogens with zero attached hydrogens (tertiary/aromatic N) is 2. The zero-order valence-corrected chi connectivity index (χ0v) is 15.2. The largest absolute Gasteiger partial charge is 0.453 e. The lowest BCUT2D eigenvalue weighted by Crippen LogP contribution is -2.51. The van der Waals surface area contributed by atoms with Crippen LogP contribution in [0.5, 0.6) is 0 Å². The summed E-state index contributed by atoms with van der Waals surface area (Å²) in [5, 5.41) is 0. The second-order valence-electron chi connectivity index (χ2n) is 7.21. The van der Waals surface area contributed by atoms with E-state index in [9.17, 15) is 9.59 Å². The fourth-order valence-electron chi connectivity index (χ4n) is 4.25. The molecule has 3 atom stereocenters. The third-order valence-corrected chi connectivity index (χ3v) is 5.55. The van der Waals surface area contributed by atoms with E-state index in [1.807, 2.05) is 18.2 Å². The molecule has 0 spiro atoms. The summed E-state index contributed by atoms with van der Waals surface area (Å²) < 4.78 is 4.84. The first kappa shape index (κ1) is 17.8. The summed E-state index contributed by atoms with van der Waals surface area (Å²) in [5.74, 6) is 0.0641. The number of piperidine rings is 2. The smallest absolute Gasteiger partial charge is 0.409 e. The first-order valence-electron chi connectivity index (χ1n) is 9.32. The van der Waals surface area contributed by atoms with Crippen LogP contribution in [-0.2, 0) is 9.53 Å². The molecule has 3 rings (SSSR count). The lowest BCUT2D eigenvalue weighted by Gasteiger charge is -2.44. The number of likely N-dealkylation sites (tertiary alicyclic amines) is 2. The average molecular weight is 344 g/mol. The molecule has 1 aromatic rings. The van der Waals surface area contributed by atoms with Crippen LogP contribution in [0, 0.1) is 5.92 Å². The van der Waals surface area contributed by atoms with Crippen LogP contribution in [0.15, 0.2) is 30.3 Å². The molecule has 0 unspecified atom stereocenters. The quantitative estimate of drug-likeness (QED) is 0.823. The van der Waals surface area contributed by atoms with E-state index >= 15 is 0 Å². The normalized spacial score (nSPS) is 27.0. The maximum Gasteiger partial charge on any atom is 0.409 e. The maximum atomic E-state index is 13.4. The van der Waals surface area contributed by atoms with Crippen molar-refractivity contribution in [3.8, 4) is 0 Å². The van der Waals surface area contributed by atoms with Gasteiger partial charge in [-0.15, -0.1) is 0 Å². The zero-order valence-electron chi connectivity index (χ0n) is 15.2. The van der Waals surface area contributed by atoms with Crippen LogP contribution in [-0.4, -0.2) is 48.0 Å². The Morgan fingerprint density at radius 2 is 1.84 bits per heavy atom. The van der Waals surface area contributed by atoms with E-state index in [0.29, 0.717) is 13.1 Å². The Hall–Kier alpha value is -2.04. The molecule has 2 amide bonds. The van der Waals surface area contributed by atoms with Crippen molar-refractivity contribution in [1.82, 2.24) is 9.80 Å². The molecule has 0 radical (unpaired) electrons. The number of benzene rings is 1. The highest BCUT2D eigenvalue weighted by Gasteiger charge is 2.38. The van der Waals surface area contributed by atoms with Crippen LogP contribution in [0.25, 0.3) is 0 Å². The summed E-state index contributed by atoms with van der Waals surface area (Å²) in [7, 11) is 1.39. The van der Waals surface area contributed by atoms with E-state index in [2.05, 4.69) is 24.0 Å². The summed E-state index contributed by atoms with van der Waals surface area (Å²) in [5.41, 5.74) is 1.21. The summed E-state index contributed by atoms with van der Waals surface area (Å²) >= 11 is 0. The SMILES string of the molecule is COC(=O)N1CCC[C@H](C(=O)N2[C@H](C)CCC[C@H]2c2ccccc2)C1. The molecule has 0 bridgehead atoms. The van der Waals surface area contributed by atoms with Crippen molar-refractivity contribution in [2.75, 3.05) is 20.2 Å². The number of hydrogen-bond donors (Lipinski definition) is 0. The number of hydrogen-bond acceptors (Lipinski definition) is 3. The molecule has 2 aliphatic rings. The van der Waals surface area contributed by atoms with Crippen molar-refractivity contribution in [3.05, 3.63) is 35.9 Å². The van der Waals surface area contributed by atoms with Crippen LogP contribution in [0.4, 0.5) is 4.79 Å². The molecule has 2 saturated heterocycles. The van der Waals surface area contributed by atoms with Gasteiger partial charge in [-0.3, -0.25) is 4.79 Å². The Kier molecular flexibility index (Phi) is 5.61. The number of ether oxygens (including phenoxy) is 1. The van der Waals surface area contributed by atoms with Gasteiger partial charge in [0, 0.05) is 19.1 Å². The van der Waals surface area contributed by atoms with E-state index in [1.54, 1.807) is 4.90 Å². The molecule has 2 heterocycles. The number of carbonyl (C=O) groups is 2. The third kappa shape index (κ3) is 3.80. The van der Waals surface area contributed by atoms with Crippen LogP contribution in [0.2, 0.25) is 0 Å². The lowest BCUT2D eigenvalue weighted by molar-refractivity contribution is -0.144. The van der Waals surface area contributed by atoms with Crippen LogP contribution in [0.1, 0.15) is 50.6 Å². The Morgan fingerprint density at radius 1 is 1.08 bits per heavy atom. The fraction of sp³-hybridized carbons (Fsp3) is 0.600. The summed E-state index contributed by atoms with van der Waals surface area (Å²) in [6.07, 6.45) is 4.56. The number of methoxy groups -OCH3 is 1. The van der Waals surface area contributed by atoms with E-state index < -0.39 is 0 Å². The summed E-state index contributed by atoms with van der Waals surface area (Å²) in [4.78, 5) is 28.9. The third-order valence-electron chi connectivity index (χ3n) is 5.55. The minimum Gasteiger partial charge on any atom is -0.453 e. The second-order valence-corrected chi connectivity index (χ2v) is 7.21. The van der Waals surface area contributed by atoms with E-state index in [1.165, 1.54) is 12.7 Å². The highest BCUT2D eigenvalue weighted by molar-refractivity contribution is 5.81. The number of amides is 2. The molecule has 0 saturated carbocycles. The number of rotatable bonds is 2. The van der Waals surface area contributed by atoms with Crippen LogP contribution < -0.4 is 0 Å². The Morgan fingerprint density at radius 3 is 2.56 bits per heavy atom. The van der Waals surface area contributed by atoms with Gasteiger partial charge in [-0.05, 0) is 44.6 Å². The van der Waals surface area contributed by atoms with Crippen LogP contribution in [0.3, 0.4) is 0 Å². The highest BCUT2D eigenvalue weighted by atomic mass is 16.5. The molecule has 2 aliphatic heterocycles. The molecule has 136 valence electrons. The van der Waals surface area contributed by atoms with Crippen molar-refractivity contribution in [2.45, 2.75) is 51.1 Å². The zero-order chi connectivity index (χ0) is 17.8. The molecule has 0 aliphatic carbocycles. The van der Waals surface area contributed by atoms with Crippen molar-refractivity contribution in [1.29, 1.82) is 0 Å². The molecular weight excluding hydrogens is 316 g/mol. The Balaban J connectivity index is 1.79. The van der Waals surface area contributed by atoms with Gasteiger partial charge in [0.05, 0.1) is 19.1 Å². The predicted octanol–water partition coefficient (Wildman–Crippen LogP) is 3.61. The molecule has 0 aromatic heterocycles. The lowest BCUT2D eigenvalue weighted by atomic mass is 9.88. The standard InChI is InChI=1S/C20H28N2O3/c1-15-8-6-12-18(16-9-4-3-5-10-16)22(15)19(23)17-11-7-13-21(14-17)20(24)25-2/h3-5,9-10,15,17-18H,6-8,11-14H2,1-2H3/t15-,17+,18+/m1/s1. The molecule has 2 fully saturated rings. The van der Waals surface area contributed by atoms with Crippen molar-refractivity contribution < 1.29 is 14.3 Å². The average Bonchev–Trinajstić information content (AvgIpc) is 2.67. The van der Waals surface area contributed by atoms with Gasteiger partial charge < -0.3 is 14.5 Å². The summed E-state index contributed by atoms with van der Waals surface area (Å²) in [6.45, 7) is 3.29. The number of carbonyl (C=O) groups excluding carboxylic acids is 2. The van der Waals surface area contributed by atoms with Crippen molar-refractivity contribution in [2.24, 2.45) is 5.92 Å². The minimum atomic E-state index is -0.330. The van der Waals surface area contributed by atoms with E-state index in [0.717, 1.165) is 32.1 Å². The molecular formula is C20H28N2O3. The maximum absolute atomic E-state index is 13.4. The van der Waals surface area contributed by atoms with Gasteiger partial charge >= 0.3 is 6.09 Å². The van der Waals surface area contributed by atoms with Gasteiger partial charge in [-0.25, -0.2) is 4.79 Å². The predicted molar refractivity (Wildman–Crippen MR) is 96.0 cm³/mol. The first-order valence-corrected chi connectivity index (χ1v) is 9.32. The van der Waals surface area contributed by atoms with Gasteiger partial charge in [-0.1, -0.05) is 30.3 Å². The van der Waals surface area contributed by atoms with Crippen molar-refractivity contribution >= 4 is 12.0 Å². The molecule has 1 aromatic carbocycles. The fourth-order valence-corrected chi connectivity index (χ4v) is 4.25.